The predicted octanol–water partition coefficient (Wildman–Crippen LogP) is 3.10. The Bertz CT molecular complexity index is 795. The number of nitrogens with two attached hydrogens (primary N) is 1. The number of aromatic nitrogens is 1. The first-order valence-corrected chi connectivity index (χ1v) is 6.86. The first-order valence-electron chi connectivity index (χ1n) is 6.48. The van der Waals surface area contributed by atoms with Crippen LogP contribution in [-0.4, -0.2) is 11.1 Å². The topological polar surface area (TPSA) is 94.3 Å². The number of carbonyl (C=O) groups is 1. The molecule has 2 aromatic heterocycles. The van der Waals surface area contributed by atoms with E-state index in [4.69, 9.17) is 26.3 Å². The van der Waals surface area contributed by atoms with Crippen LogP contribution in [0.5, 0.6) is 0 Å². The van der Waals surface area contributed by atoms with Gasteiger partial charge in [0, 0.05) is 6.54 Å². The normalized spacial score (nSPS) is 10.6. The molecule has 0 bridgehead atoms. The van der Waals surface area contributed by atoms with Crippen molar-refractivity contribution in [2.45, 2.75) is 6.54 Å². The van der Waals surface area contributed by atoms with Crippen LogP contribution < -0.4 is 11.1 Å². The summed E-state index contributed by atoms with van der Waals surface area (Å²) in [6.07, 6.45) is 0. The van der Waals surface area contributed by atoms with Gasteiger partial charge >= 0.3 is 0 Å². The molecule has 0 aliphatic rings. The van der Waals surface area contributed by atoms with Crippen LogP contribution in [-0.2, 0) is 6.54 Å². The minimum absolute atomic E-state index is 0.0758. The van der Waals surface area contributed by atoms with E-state index in [0.717, 1.165) is 5.56 Å². The highest BCUT2D eigenvalue weighted by Crippen LogP contribution is 2.29. The van der Waals surface area contributed by atoms with Crippen LogP contribution in [0.4, 0.5) is 5.88 Å². The summed E-state index contributed by atoms with van der Waals surface area (Å²) >= 11 is 5.73. The zero-order valence-electron chi connectivity index (χ0n) is 11.4. The number of hydrogen-bond donors (Lipinski definition) is 2. The molecule has 6 nitrogen and oxygen atoms in total. The van der Waals surface area contributed by atoms with E-state index in [0.29, 0.717) is 12.3 Å². The quantitative estimate of drug-likeness (QED) is 0.771. The Morgan fingerprint density at radius 2 is 2.00 bits per heavy atom. The van der Waals surface area contributed by atoms with E-state index in [1.54, 1.807) is 12.1 Å². The molecule has 0 saturated carbocycles. The predicted molar refractivity (Wildman–Crippen MR) is 81.2 cm³/mol. The molecule has 0 saturated heterocycles. The molecule has 0 atom stereocenters. The lowest BCUT2D eigenvalue weighted by atomic mass is 10.1. The van der Waals surface area contributed by atoms with Crippen molar-refractivity contribution in [1.29, 1.82) is 0 Å². The minimum atomic E-state index is -0.398. The molecule has 0 spiro atoms. The molecular formula is C15H12ClN3O3. The van der Waals surface area contributed by atoms with Gasteiger partial charge in [0.15, 0.2) is 16.7 Å². The lowest BCUT2D eigenvalue weighted by Gasteiger charge is -2.04. The second kappa shape index (κ2) is 5.95. The third-order valence-electron chi connectivity index (χ3n) is 3.05. The Kier molecular flexibility index (Phi) is 3.84. The number of nitrogens with zero attached hydrogens (tertiary/aromatic N) is 1. The fourth-order valence-electron chi connectivity index (χ4n) is 2.00. The lowest BCUT2D eigenvalue weighted by Crippen LogP contribution is -2.23. The third-order valence-corrected chi connectivity index (χ3v) is 3.25. The summed E-state index contributed by atoms with van der Waals surface area (Å²) in [6.45, 7) is 0.364. The molecule has 0 unspecified atom stereocenters. The third kappa shape index (κ3) is 2.82. The van der Waals surface area contributed by atoms with E-state index < -0.39 is 5.91 Å². The first-order chi connectivity index (χ1) is 10.6. The Hall–Kier alpha value is -2.73. The van der Waals surface area contributed by atoms with Crippen molar-refractivity contribution in [1.82, 2.24) is 10.5 Å². The molecule has 112 valence electrons. The van der Waals surface area contributed by atoms with Crippen LogP contribution in [0.15, 0.2) is 51.4 Å². The Labute approximate surface area is 130 Å². The number of benzene rings is 1. The molecule has 3 aromatic rings. The first kappa shape index (κ1) is 14.2. The molecular weight excluding hydrogens is 306 g/mol. The van der Waals surface area contributed by atoms with Crippen molar-refractivity contribution >= 4 is 23.4 Å². The van der Waals surface area contributed by atoms with Gasteiger partial charge in [-0.05, 0) is 29.3 Å². The number of rotatable bonds is 4. The monoisotopic (exact) mass is 317 g/mol. The molecule has 0 radical (unpaired) electrons. The molecule has 2 heterocycles. The summed E-state index contributed by atoms with van der Waals surface area (Å²) in [4.78, 5) is 12.3. The van der Waals surface area contributed by atoms with Gasteiger partial charge in [-0.2, -0.15) is 0 Å². The van der Waals surface area contributed by atoms with Crippen molar-refractivity contribution in [2.24, 2.45) is 0 Å². The van der Waals surface area contributed by atoms with E-state index in [2.05, 4.69) is 10.5 Å². The van der Waals surface area contributed by atoms with Crippen LogP contribution in [0.1, 0.15) is 15.9 Å². The van der Waals surface area contributed by atoms with Gasteiger partial charge in [-0.25, -0.2) is 0 Å². The maximum absolute atomic E-state index is 12.3. The van der Waals surface area contributed by atoms with E-state index >= 15 is 0 Å². The van der Waals surface area contributed by atoms with Crippen LogP contribution >= 0.6 is 11.6 Å². The molecule has 22 heavy (non-hydrogen) atoms. The maximum Gasteiger partial charge on any atom is 0.259 e. The number of amides is 1. The van der Waals surface area contributed by atoms with Crippen LogP contribution in [0.3, 0.4) is 0 Å². The molecule has 0 aliphatic carbocycles. The van der Waals surface area contributed by atoms with E-state index in [1.165, 1.54) is 0 Å². The second-order valence-corrected chi connectivity index (χ2v) is 4.91. The van der Waals surface area contributed by atoms with Gasteiger partial charge < -0.3 is 20.0 Å². The van der Waals surface area contributed by atoms with Crippen molar-refractivity contribution < 1.29 is 13.7 Å². The number of nitrogen functional groups attached to an aromatic ring is 1. The number of nitrogens with one attached hydrogen (secondary N) is 1. The highest BCUT2D eigenvalue weighted by atomic mass is 35.5. The molecule has 7 heteroatoms. The lowest BCUT2D eigenvalue weighted by molar-refractivity contribution is 0.0952. The number of hydrogen-bond acceptors (Lipinski definition) is 5. The molecule has 0 aliphatic heterocycles. The maximum atomic E-state index is 12.3. The van der Waals surface area contributed by atoms with E-state index in [9.17, 15) is 4.79 Å². The van der Waals surface area contributed by atoms with Crippen molar-refractivity contribution in [3.8, 4) is 11.5 Å². The average molecular weight is 318 g/mol. The Balaban J connectivity index is 1.82. The summed E-state index contributed by atoms with van der Waals surface area (Å²) in [6, 6.07) is 12.6. The van der Waals surface area contributed by atoms with Gasteiger partial charge in [0.1, 0.15) is 5.56 Å². The minimum Gasteiger partial charge on any atom is -0.443 e. The Morgan fingerprint density at radius 1 is 1.23 bits per heavy atom. The fraction of sp³-hybridized carbons (Fsp3) is 0.0667. The zero-order chi connectivity index (χ0) is 15.5. The highest BCUT2D eigenvalue weighted by molar-refractivity contribution is 6.29. The Morgan fingerprint density at radius 3 is 2.68 bits per heavy atom. The van der Waals surface area contributed by atoms with Gasteiger partial charge in [-0.3, -0.25) is 4.79 Å². The summed E-state index contributed by atoms with van der Waals surface area (Å²) in [5.41, 5.74) is 7.00. The van der Waals surface area contributed by atoms with Gasteiger partial charge in [0.2, 0.25) is 5.88 Å². The van der Waals surface area contributed by atoms with Gasteiger partial charge in [-0.15, -0.1) is 0 Å². The van der Waals surface area contributed by atoms with Gasteiger partial charge in [0.25, 0.3) is 5.91 Å². The summed E-state index contributed by atoms with van der Waals surface area (Å²) in [7, 11) is 0. The molecule has 3 N–H and O–H groups in total. The molecule has 1 aromatic carbocycles. The van der Waals surface area contributed by atoms with Crippen molar-refractivity contribution in [3.05, 3.63) is 58.8 Å². The van der Waals surface area contributed by atoms with Crippen LogP contribution in [0.25, 0.3) is 11.5 Å². The van der Waals surface area contributed by atoms with Crippen LogP contribution in [0, 0.1) is 0 Å². The zero-order valence-corrected chi connectivity index (χ0v) is 12.1. The largest absolute Gasteiger partial charge is 0.443 e. The highest BCUT2D eigenvalue weighted by Gasteiger charge is 2.24. The molecule has 3 rings (SSSR count). The summed E-state index contributed by atoms with van der Waals surface area (Å²) < 4.78 is 10.1. The SMILES string of the molecule is Nc1onc(-c2ccc(Cl)o2)c1C(=O)NCc1ccccc1. The van der Waals surface area contributed by atoms with Crippen molar-refractivity contribution in [2.75, 3.05) is 5.73 Å². The standard InChI is InChI=1S/C15H12ClN3O3/c16-11-7-6-10(21-11)13-12(14(17)22-19-13)15(20)18-8-9-4-2-1-3-5-9/h1-7H,8,17H2,(H,18,20). The molecule has 0 fully saturated rings. The van der Waals surface area contributed by atoms with Gasteiger partial charge in [0.05, 0.1) is 0 Å². The number of anilines is 1. The van der Waals surface area contributed by atoms with Crippen molar-refractivity contribution in [3.63, 3.8) is 0 Å². The van der Waals surface area contributed by atoms with E-state index in [1.807, 2.05) is 30.3 Å². The number of carbonyl (C=O) groups excluding carboxylic acids is 1. The average Bonchev–Trinajstić information content (AvgIpc) is 3.12. The van der Waals surface area contributed by atoms with Gasteiger partial charge in [-0.1, -0.05) is 35.5 Å². The molecule has 1 amide bonds. The second-order valence-electron chi connectivity index (χ2n) is 4.54. The number of halogens is 1. The summed E-state index contributed by atoms with van der Waals surface area (Å²) in [5, 5.41) is 6.71. The number of furan rings is 1. The smallest absolute Gasteiger partial charge is 0.259 e. The fourth-order valence-corrected chi connectivity index (χ4v) is 2.14. The van der Waals surface area contributed by atoms with E-state index in [-0.39, 0.29) is 22.4 Å². The summed E-state index contributed by atoms with van der Waals surface area (Å²) in [5.74, 6) is -0.159. The van der Waals surface area contributed by atoms with Crippen LogP contribution in [0.2, 0.25) is 5.22 Å².